The summed E-state index contributed by atoms with van der Waals surface area (Å²) in [5.41, 5.74) is 10.9. The first-order valence-electron chi connectivity index (χ1n) is 4.52. The molecule has 0 unspecified atom stereocenters. The Morgan fingerprint density at radius 2 is 1.69 bits per heavy atom. The lowest BCUT2D eigenvalue weighted by atomic mass is 9.96. The lowest BCUT2D eigenvalue weighted by molar-refractivity contribution is 0.898. The summed E-state index contributed by atoms with van der Waals surface area (Å²) in [4.78, 5) is 0. The zero-order valence-electron chi connectivity index (χ0n) is 8.59. The van der Waals surface area contributed by atoms with Gasteiger partial charge in [-0.05, 0) is 43.0 Å². The smallest absolute Gasteiger partial charge is 0.0481 e. The fourth-order valence-electron chi connectivity index (χ4n) is 1.47. The molecule has 2 N–H and O–H groups in total. The minimum Gasteiger partial charge on any atom is -0.321 e. The third-order valence-electron chi connectivity index (χ3n) is 2.50. The van der Waals surface area contributed by atoms with Crippen molar-refractivity contribution in [3.05, 3.63) is 47.0 Å². The number of rotatable bonds is 2. The van der Waals surface area contributed by atoms with Gasteiger partial charge in [0.15, 0.2) is 0 Å². The molecular formula is C12H17N. The van der Waals surface area contributed by atoms with E-state index in [1.807, 2.05) is 0 Å². The van der Waals surface area contributed by atoms with Gasteiger partial charge in [0.25, 0.3) is 0 Å². The first-order chi connectivity index (χ1) is 6.06. The summed E-state index contributed by atoms with van der Waals surface area (Å²) >= 11 is 0. The third-order valence-corrected chi connectivity index (χ3v) is 2.50. The van der Waals surface area contributed by atoms with Gasteiger partial charge in [-0.1, -0.05) is 18.2 Å². The van der Waals surface area contributed by atoms with Crippen molar-refractivity contribution >= 4 is 0 Å². The van der Waals surface area contributed by atoms with Crippen LogP contribution < -0.4 is 5.73 Å². The summed E-state index contributed by atoms with van der Waals surface area (Å²) < 4.78 is 0. The molecule has 0 aliphatic rings. The van der Waals surface area contributed by atoms with Crippen LogP contribution >= 0.6 is 0 Å². The van der Waals surface area contributed by atoms with Gasteiger partial charge in [0.2, 0.25) is 0 Å². The zero-order valence-corrected chi connectivity index (χ0v) is 8.59. The van der Waals surface area contributed by atoms with Crippen LogP contribution in [-0.2, 0) is 0 Å². The van der Waals surface area contributed by atoms with Crippen molar-refractivity contribution in [1.82, 2.24) is 0 Å². The van der Waals surface area contributed by atoms with Crippen LogP contribution in [-0.4, -0.2) is 0 Å². The molecule has 0 amide bonds. The highest BCUT2D eigenvalue weighted by Gasteiger charge is 2.06. The van der Waals surface area contributed by atoms with Gasteiger partial charge in [0.1, 0.15) is 0 Å². The lowest BCUT2D eigenvalue weighted by Crippen LogP contribution is -2.08. The Bertz CT molecular complexity index is 326. The zero-order chi connectivity index (χ0) is 10.0. The highest BCUT2D eigenvalue weighted by atomic mass is 14.6. The van der Waals surface area contributed by atoms with Crippen molar-refractivity contribution in [2.45, 2.75) is 26.8 Å². The molecule has 70 valence electrons. The molecule has 1 rings (SSSR count). The highest BCUT2D eigenvalue weighted by Crippen LogP contribution is 2.20. The molecule has 1 heteroatoms. The van der Waals surface area contributed by atoms with Gasteiger partial charge in [-0.3, -0.25) is 0 Å². The monoisotopic (exact) mass is 175 g/mol. The predicted octanol–water partition coefficient (Wildman–Crippen LogP) is 2.80. The van der Waals surface area contributed by atoms with Gasteiger partial charge in [-0.15, -0.1) is 6.58 Å². The average molecular weight is 175 g/mol. The molecule has 0 aliphatic carbocycles. The molecule has 0 saturated heterocycles. The molecule has 0 fully saturated rings. The van der Waals surface area contributed by atoms with Crippen LogP contribution in [0.5, 0.6) is 0 Å². The Labute approximate surface area is 80.3 Å². The Hall–Kier alpha value is -1.08. The summed E-state index contributed by atoms with van der Waals surface area (Å²) in [5.74, 6) is 0. The van der Waals surface area contributed by atoms with Gasteiger partial charge in [-0.2, -0.15) is 0 Å². The van der Waals surface area contributed by atoms with E-state index in [0.29, 0.717) is 0 Å². The Morgan fingerprint density at radius 3 is 2.23 bits per heavy atom. The fraction of sp³-hybridized carbons (Fsp3) is 0.333. The second-order valence-corrected chi connectivity index (χ2v) is 3.55. The van der Waals surface area contributed by atoms with Crippen LogP contribution in [0.3, 0.4) is 0 Å². The minimum absolute atomic E-state index is 0.0423. The topological polar surface area (TPSA) is 26.0 Å². The highest BCUT2D eigenvalue weighted by molar-refractivity contribution is 5.39. The van der Waals surface area contributed by atoms with Crippen LogP contribution in [0.1, 0.15) is 28.3 Å². The lowest BCUT2D eigenvalue weighted by Gasteiger charge is -2.13. The van der Waals surface area contributed by atoms with E-state index >= 15 is 0 Å². The predicted molar refractivity (Wildman–Crippen MR) is 57.8 cm³/mol. The number of benzene rings is 1. The van der Waals surface area contributed by atoms with Crippen molar-refractivity contribution in [3.8, 4) is 0 Å². The molecule has 0 aliphatic heterocycles. The van der Waals surface area contributed by atoms with Gasteiger partial charge >= 0.3 is 0 Å². The number of hydrogen-bond donors (Lipinski definition) is 1. The van der Waals surface area contributed by atoms with Crippen LogP contribution in [0.4, 0.5) is 0 Å². The molecule has 0 spiro atoms. The molecule has 1 atom stereocenters. The van der Waals surface area contributed by atoms with Gasteiger partial charge < -0.3 is 5.73 Å². The number of nitrogens with two attached hydrogens (primary N) is 1. The Morgan fingerprint density at radius 1 is 1.15 bits per heavy atom. The van der Waals surface area contributed by atoms with E-state index < -0.39 is 0 Å². The van der Waals surface area contributed by atoms with Crippen molar-refractivity contribution in [2.75, 3.05) is 0 Å². The molecule has 0 heterocycles. The first kappa shape index (κ1) is 10.0. The maximum absolute atomic E-state index is 5.90. The average Bonchev–Trinajstić information content (AvgIpc) is 2.10. The van der Waals surface area contributed by atoms with Gasteiger partial charge in [0, 0.05) is 6.04 Å². The molecule has 1 aromatic rings. The van der Waals surface area contributed by atoms with Crippen molar-refractivity contribution in [2.24, 2.45) is 5.73 Å². The minimum atomic E-state index is -0.0423. The van der Waals surface area contributed by atoms with E-state index in [0.717, 1.165) is 0 Å². The summed E-state index contributed by atoms with van der Waals surface area (Å²) in [6, 6.07) is 4.28. The fourth-order valence-corrected chi connectivity index (χ4v) is 1.47. The van der Waals surface area contributed by atoms with Crippen LogP contribution in [0.2, 0.25) is 0 Å². The molecule has 0 aromatic heterocycles. The van der Waals surface area contributed by atoms with E-state index in [9.17, 15) is 0 Å². The van der Waals surface area contributed by atoms with E-state index in [4.69, 9.17) is 5.73 Å². The van der Waals surface area contributed by atoms with Crippen molar-refractivity contribution in [1.29, 1.82) is 0 Å². The second kappa shape index (κ2) is 3.75. The molecule has 0 saturated carbocycles. The van der Waals surface area contributed by atoms with Crippen LogP contribution in [0.15, 0.2) is 24.8 Å². The SMILES string of the molecule is C=C[C@H](N)c1cc(C)c(C)cc1C. The van der Waals surface area contributed by atoms with Gasteiger partial charge in [-0.25, -0.2) is 0 Å². The Balaban J connectivity index is 3.22. The summed E-state index contributed by atoms with van der Waals surface area (Å²) in [7, 11) is 0. The largest absolute Gasteiger partial charge is 0.321 e. The van der Waals surface area contributed by atoms with Crippen LogP contribution in [0.25, 0.3) is 0 Å². The molecule has 13 heavy (non-hydrogen) atoms. The number of hydrogen-bond acceptors (Lipinski definition) is 1. The third kappa shape index (κ3) is 1.99. The molecular weight excluding hydrogens is 158 g/mol. The number of aryl methyl sites for hydroxylation is 3. The maximum Gasteiger partial charge on any atom is 0.0481 e. The van der Waals surface area contributed by atoms with E-state index in [1.165, 1.54) is 22.3 Å². The van der Waals surface area contributed by atoms with E-state index in [1.54, 1.807) is 6.08 Å². The quantitative estimate of drug-likeness (QED) is 0.687. The first-order valence-corrected chi connectivity index (χ1v) is 4.52. The van der Waals surface area contributed by atoms with Gasteiger partial charge in [0.05, 0.1) is 0 Å². The standard InChI is InChI=1S/C12H17N/c1-5-12(13)11-7-9(3)8(2)6-10(11)4/h5-7,12H,1,13H2,2-4H3/t12-/m0/s1. The van der Waals surface area contributed by atoms with Crippen molar-refractivity contribution in [3.63, 3.8) is 0 Å². The normalized spacial score (nSPS) is 12.6. The molecule has 1 aromatic carbocycles. The van der Waals surface area contributed by atoms with Crippen molar-refractivity contribution < 1.29 is 0 Å². The summed E-state index contributed by atoms with van der Waals surface area (Å²) in [5, 5.41) is 0. The van der Waals surface area contributed by atoms with E-state index in [-0.39, 0.29) is 6.04 Å². The Kier molecular flexibility index (Phi) is 2.89. The van der Waals surface area contributed by atoms with Crippen LogP contribution in [0, 0.1) is 20.8 Å². The second-order valence-electron chi connectivity index (χ2n) is 3.55. The molecule has 1 nitrogen and oxygen atoms in total. The molecule has 0 bridgehead atoms. The maximum atomic E-state index is 5.90. The summed E-state index contributed by atoms with van der Waals surface area (Å²) in [6.45, 7) is 10.0. The summed E-state index contributed by atoms with van der Waals surface area (Å²) in [6.07, 6.45) is 1.77. The molecule has 0 radical (unpaired) electrons. The van der Waals surface area contributed by atoms with E-state index in [2.05, 4.69) is 39.5 Å².